The van der Waals surface area contributed by atoms with Crippen LogP contribution in [0, 0.1) is 0 Å². The minimum absolute atomic E-state index is 0.496. The summed E-state index contributed by atoms with van der Waals surface area (Å²) in [5.74, 6) is 3.81. The summed E-state index contributed by atoms with van der Waals surface area (Å²) in [4.78, 5) is 23.4. The lowest BCUT2D eigenvalue weighted by molar-refractivity contribution is 0.271. The molecule has 0 bridgehead atoms. The highest BCUT2D eigenvalue weighted by atomic mass is 16.5. The van der Waals surface area contributed by atoms with Gasteiger partial charge in [-0.2, -0.15) is 4.98 Å². The van der Waals surface area contributed by atoms with Crippen molar-refractivity contribution in [3.8, 4) is 11.4 Å². The van der Waals surface area contributed by atoms with E-state index in [1.54, 1.807) is 6.20 Å². The monoisotopic (exact) mass is 427 g/mol. The summed E-state index contributed by atoms with van der Waals surface area (Å²) in [6, 6.07) is 12.2. The number of aromatic nitrogens is 5. The third kappa shape index (κ3) is 3.93. The first-order valence-electron chi connectivity index (χ1n) is 11.3. The molecule has 1 aliphatic heterocycles. The van der Waals surface area contributed by atoms with Crippen molar-refractivity contribution in [3.63, 3.8) is 0 Å². The lowest BCUT2D eigenvalue weighted by Gasteiger charge is -2.24. The summed E-state index contributed by atoms with van der Waals surface area (Å²) in [6.45, 7) is 4.50. The molecule has 6 rings (SSSR count). The van der Waals surface area contributed by atoms with Gasteiger partial charge in [0.25, 0.3) is 0 Å². The van der Waals surface area contributed by atoms with E-state index in [4.69, 9.17) is 14.5 Å². The number of pyridine rings is 1. The van der Waals surface area contributed by atoms with Gasteiger partial charge in [-0.25, -0.2) is 9.97 Å². The Labute approximate surface area is 186 Å². The summed E-state index contributed by atoms with van der Waals surface area (Å²) in [5.41, 5.74) is 1.89. The zero-order valence-corrected chi connectivity index (χ0v) is 17.9. The van der Waals surface area contributed by atoms with Crippen LogP contribution in [0.1, 0.15) is 36.9 Å². The number of nitrogens with zero attached hydrogens (tertiary/aromatic N) is 7. The second-order valence-corrected chi connectivity index (χ2v) is 8.57. The summed E-state index contributed by atoms with van der Waals surface area (Å²) >= 11 is 0. The number of hydrogen-bond acceptors (Lipinski definition) is 8. The molecule has 3 aromatic heterocycles. The molecule has 1 saturated heterocycles. The quantitative estimate of drug-likeness (QED) is 0.477. The zero-order valence-electron chi connectivity index (χ0n) is 17.9. The normalized spacial score (nSPS) is 17.6. The van der Waals surface area contributed by atoms with Gasteiger partial charge in [-0.05, 0) is 43.5 Å². The lowest BCUT2D eigenvalue weighted by atomic mass is 10.2. The van der Waals surface area contributed by atoms with Crippen molar-refractivity contribution in [2.75, 3.05) is 31.1 Å². The maximum Gasteiger partial charge on any atom is 0.229 e. The van der Waals surface area contributed by atoms with Crippen molar-refractivity contribution in [2.45, 2.75) is 31.7 Å². The van der Waals surface area contributed by atoms with Gasteiger partial charge >= 0.3 is 0 Å². The Morgan fingerprint density at radius 3 is 2.75 bits per heavy atom. The molecule has 32 heavy (non-hydrogen) atoms. The standard InChI is InChI=1S/C24H25N7O/c1-2-7-20-19(6-1)23(28-22(26-20)18-5-3-10-25-15-18)31-12-4-11-30(13-14-31)16-21-27-24(32-29-21)17-8-9-17/h1-3,5-7,10,15,17H,4,8-9,11-14,16H2. The first-order chi connectivity index (χ1) is 15.8. The van der Waals surface area contributed by atoms with Crippen LogP contribution in [0.4, 0.5) is 5.82 Å². The van der Waals surface area contributed by atoms with Crippen molar-refractivity contribution in [1.82, 2.24) is 30.0 Å². The van der Waals surface area contributed by atoms with E-state index < -0.39 is 0 Å². The Hall–Kier alpha value is -3.39. The fourth-order valence-electron chi connectivity index (χ4n) is 4.29. The van der Waals surface area contributed by atoms with Gasteiger partial charge in [-0.1, -0.05) is 17.3 Å². The van der Waals surface area contributed by atoms with Crippen LogP contribution >= 0.6 is 0 Å². The van der Waals surface area contributed by atoms with Crippen LogP contribution in [-0.4, -0.2) is 56.2 Å². The molecule has 4 aromatic rings. The predicted octanol–water partition coefficient (Wildman–Crippen LogP) is 3.66. The molecule has 2 fully saturated rings. The summed E-state index contributed by atoms with van der Waals surface area (Å²) < 4.78 is 5.43. The fraction of sp³-hybridized carbons (Fsp3) is 0.375. The highest BCUT2D eigenvalue weighted by Gasteiger charge is 2.30. The maximum atomic E-state index is 5.43. The number of para-hydroxylation sites is 1. The number of anilines is 1. The molecule has 8 heteroatoms. The molecular formula is C24H25N7O. The van der Waals surface area contributed by atoms with Crippen LogP contribution in [0.25, 0.3) is 22.3 Å². The number of hydrogen-bond donors (Lipinski definition) is 0. The average Bonchev–Trinajstić information content (AvgIpc) is 3.63. The largest absolute Gasteiger partial charge is 0.355 e. The summed E-state index contributed by atoms with van der Waals surface area (Å²) in [7, 11) is 0. The van der Waals surface area contributed by atoms with E-state index in [2.05, 4.69) is 43.1 Å². The Morgan fingerprint density at radius 2 is 1.88 bits per heavy atom. The Balaban J connectivity index is 1.24. The third-order valence-corrected chi connectivity index (χ3v) is 6.17. The first-order valence-corrected chi connectivity index (χ1v) is 11.3. The minimum atomic E-state index is 0.496. The van der Waals surface area contributed by atoms with Crippen LogP contribution < -0.4 is 4.90 Å². The highest BCUT2D eigenvalue weighted by molar-refractivity contribution is 5.91. The van der Waals surface area contributed by atoms with Crippen molar-refractivity contribution in [1.29, 1.82) is 0 Å². The molecule has 0 atom stereocenters. The average molecular weight is 428 g/mol. The molecule has 0 N–H and O–H groups in total. The number of rotatable bonds is 5. The molecule has 8 nitrogen and oxygen atoms in total. The molecule has 0 unspecified atom stereocenters. The topological polar surface area (TPSA) is 84.1 Å². The molecule has 1 aromatic carbocycles. The number of benzene rings is 1. The molecule has 0 spiro atoms. The van der Waals surface area contributed by atoms with Crippen LogP contribution in [0.3, 0.4) is 0 Å². The van der Waals surface area contributed by atoms with Gasteiger partial charge in [0.2, 0.25) is 5.89 Å². The predicted molar refractivity (Wildman–Crippen MR) is 121 cm³/mol. The van der Waals surface area contributed by atoms with Gasteiger partial charge in [0.1, 0.15) is 5.82 Å². The molecule has 0 amide bonds. The highest BCUT2D eigenvalue weighted by Crippen LogP contribution is 2.38. The van der Waals surface area contributed by atoms with Gasteiger partial charge in [-0.3, -0.25) is 9.88 Å². The Morgan fingerprint density at radius 1 is 0.938 bits per heavy atom. The smallest absolute Gasteiger partial charge is 0.229 e. The van der Waals surface area contributed by atoms with Gasteiger partial charge in [0, 0.05) is 55.4 Å². The molecule has 1 saturated carbocycles. The van der Waals surface area contributed by atoms with E-state index in [0.717, 1.165) is 73.1 Å². The van der Waals surface area contributed by atoms with Crippen molar-refractivity contribution in [3.05, 3.63) is 60.5 Å². The molecule has 4 heterocycles. The molecule has 1 aliphatic carbocycles. The van der Waals surface area contributed by atoms with Gasteiger partial charge in [-0.15, -0.1) is 0 Å². The van der Waals surface area contributed by atoms with Gasteiger partial charge < -0.3 is 9.42 Å². The summed E-state index contributed by atoms with van der Waals surface area (Å²) in [5, 5.41) is 5.28. The van der Waals surface area contributed by atoms with Crippen LogP contribution in [-0.2, 0) is 6.54 Å². The van der Waals surface area contributed by atoms with E-state index >= 15 is 0 Å². The van der Waals surface area contributed by atoms with Crippen molar-refractivity contribution >= 4 is 16.7 Å². The SMILES string of the molecule is c1cncc(-c2nc(N3CCCN(Cc4noc(C5CC5)n4)CC3)c3ccccc3n2)c1. The fourth-order valence-corrected chi connectivity index (χ4v) is 4.29. The first kappa shape index (κ1) is 19.3. The second-order valence-electron chi connectivity index (χ2n) is 8.57. The van der Waals surface area contributed by atoms with Crippen LogP contribution in [0.15, 0.2) is 53.3 Å². The lowest BCUT2D eigenvalue weighted by Crippen LogP contribution is -2.31. The van der Waals surface area contributed by atoms with E-state index in [0.29, 0.717) is 11.7 Å². The van der Waals surface area contributed by atoms with Crippen LogP contribution in [0.5, 0.6) is 0 Å². The Kier molecular flexibility index (Phi) is 4.99. The molecule has 162 valence electrons. The van der Waals surface area contributed by atoms with E-state index in [9.17, 15) is 0 Å². The zero-order chi connectivity index (χ0) is 21.3. The van der Waals surface area contributed by atoms with Crippen molar-refractivity contribution < 1.29 is 4.52 Å². The van der Waals surface area contributed by atoms with Crippen LogP contribution in [0.2, 0.25) is 0 Å². The van der Waals surface area contributed by atoms with Gasteiger partial charge in [0.05, 0.1) is 12.1 Å². The van der Waals surface area contributed by atoms with Gasteiger partial charge in [0.15, 0.2) is 11.6 Å². The van der Waals surface area contributed by atoms with E-state index in [1.807, 2.05) is 24.4 Å². The molecule has 2 aliphatic rings. The number of fused-ring (bicyclic) bond motifs is 1. The van der Waals surface area contributed by atoms with E-state index in [-0.39, 0.29) is 0 Å². The second kappa shape index (κ2) is 8.27. The third-order valence-electron chi connectivity index (χ3n) is 6.17. The molecule has 0 radical (unpaired) electrons. The van der Waals surface area contributed by atoms with Crippen molar-refractivity contribution in [2.24, 2.45) is 0 Å². The Bertz CT molecular complexity index is 1220. The van der Waals surface area contributed by atoms with E-state index in [1.165, 1.54) is 12.8 Å². The molecular weight excluding hydrogens is 402 g/mol. The minimum Gasteiger partial charge on any atom is -0.355 e. The maximum absolute atomic E-state index is 5.43. The summed E-state index contributed by atoms with van der Waals surface area (Å²) in [6.07, 6.45) is 6.99.